The number of phosphoric ester groups is 1. The van der Waals surface area contributed by atoms with Gasteiger partial charge >= 0.3 is 0 Å². The molecule has 71 heavy (non-hydrogen) atoms. The van der Waals surface area contributed by atoms with Gasteiger partial charge in [0.05, 0.1) is 39.9 Å². The summed E-state index contributed by atoms with van der Waals surface area (Å²) in [6.07, 6.45) is 68.5. The number of allylic oxidation sites excluding steroid dienone is 3. The molecule has 0 fully saturated rings. The summed E-state index contributed by atoms with van der Waals surface area (Å²) in [4.78, 5) is 25.5. The summed E-state index contributed by atoms with van der Waals surface area (Å²) < 4.78 is 23.4. The van der Waals surface area contributed by atoms with Crippen LogP contribution in [-0.2, 0) is 18.4 Å². The number of hydrogen-bond donors (Lipinski definition) is 2. The van der Waals surface area contributed by atoms with Crippen LogP contribution in [0.15, 0.2) is 24.3 Å². The first kappa shape index (κ1) is 70.0. The standard InChI is InChI=1S/C62H123N2O6P/c1-6-8-10-12-14-16-18-20-22-24-26-28-30-31-32-34-36-38-40-42-44-46-48-50-52-54-56-62(66)63-60(59-70-71(67,68)69-58-57-64(3,4)5)61(65)55-53-51-49-47-45-43-41-39-37-35-33-29-27-25-23-21-19-17-15-13-11-9-7-2/h45,47,53,55,60-61,65H,6-44,46,48-52,54,56-59H2,1-5H3,(H-,63,66,67,68)/b47-45+,55-53+. The number of quaternary nitrogens is 1. The zero-order valence-corrected chi connectivity index (χ0v) is 49.1. The fourth-order valence-corrected chi connectivity index (χ4v) is 10.2. The van der Waals surface area contributed by atoms with Gasteiger partial charge in [-0.1, -0.05) is 301 Å². The Bertz CT molecular complexity index is 1210. The molecule has 0 radical (unpaired) electrons. The first-order valence-electron chi connectivity index (χ1n) is 31.2. The minimum absolute atomic E-state index is 0.00357. The Balaban J connectivity index is 4.16. The molecule has 3 atom stereocenters. The Morgan fingerprint density at radius 3 is 1.14 bits per heavy atom. The highest BCUT2D eigenvalue weighted by molar-refractivity contribution is 7.45. The van der Waals surface area contributed by atoms with Crippen molar-refractivity contribution in [3.05, 3.63) is 24.3 Å². The Hall–Kier alpha value is -1.02. The van der Waals surface area contributed by atoms with E-state index in [1.54, 1.807) is 6.08 Å². The maximum Gasteiger partial charge on any atom is 0.268 e. The van der Waals surface area contributed by atoms with E-state index in [2.05, 4.69) is 31.3 Å². The molecule has 3 unspecified atom stereocenters. The monoisotopic (exact) mass is 1020 g/mol. The lowest BCUT2D eigenvalue weighted by molar-refractivity contribution is -0.870. The molecule has 0 spiro atoms. The molecule has 8 nitrogen and oxygen atoms in total. The average Bonchev–Trinajstić information content (AvgIpc) is 3.33. The van der Waals surface area contributed by atoms with E-state index >= 15 is 0 Å². The van der Waals surface area contributed by atoms with E-state index in [0.29, 0.717) is 17.4 Å². The molecule has 0 aromatic heterocycles. The quantitative estimate of drug-likeness (QED) is 0.0272. The summed E-state index contributed by atoms with van der Waals surface area (Å²) in [6.45, 7) is 4.68. The molecule has 0 aliphatic rings. The van der Waals surface area contributed by atoms with Crippen LogP contribution in [-0.4, -0.2) is 68.5 Å². The van der Waals surface area contributed by atoms with E-state index < -0.39 is 20.0 Å². The predicted molar refractivity (Wildman–Crippen MR) is 307 cm³/mol. The molecule has 0 aliphatic heterocycles. The number of aliphatic hydroxyl groups is 1. The molecule has 2 N–H and O–H groups in total. The summed E-state index contributed by atoms with van der Waals surface area (Å²) in [6, 6.07) is -0.901. The van der Waals surface area contributed by atoms with Crippen molar-refractivity contribution in [2.45, 2.75) is 328 Å². The highest BCUT2D eigenvalue weighted by atomic mass is 31.2. The van der Waals surface area contributed by atoms with E-state index in [0.717, 1.165) is 38.5 Å². The Morgan fingerprint density at radius 2 is 0.789 bits per heavy atom. The molecule has 0 aromatic rings. The lowest BCUT2D eigenvalue weighted by Gasteiger charge is -2.29. The van der Waals surface area contributed by atoms with Crippen molar-refractivity contribution in [2.24, 2.45) is 0 Å². The number of nitrogens with one attached hydrogen (secondary N) is 1. The lowest BCUT2D eigenvalue weighted by Crippen LogP contribution is -2.45. The number of hydrogen-bond acceptors (Lipinski definition) is 6. The minimum Gasteiger partial charge on any atom is -0.756 e. The highest BCUT2D eigenvalue weighted by Crippen LogP contribution is 2.38. The van der Waals surface area contributed by atoms with E-state index in [-0.39, 0.29) is 19.1 Å². The van der Waals surface area contributed by atoms with Crippen molar-refractivity contribution in [1.82, 2.24) is 5.32 Å². The van der Waals surface area contributed by atoms with Crippen LogP contribution in [0.25, 0.3) is 0 Å². The van der Waals surface area contributed by atoms with E-state index in [1.165, 1.54) is 257 Å². The number of carbonyl (C=O) groups is 1. The van der Waals surface area contributed by atoms with E-state index in [4.69, 9.17) is 9.05 Å². The normalized spacial score (nSPS) is 14.0. The molecule has 0 heterocycles. The Morgan fingerprint density at radius 1 is 0.479 bits per heavy atom. The van der Waals surface area contributed by atoms with Gasteiger partial charge in [-0.05, 0) is 32.1 Å². The van der Waals surface area contributed by atoms with Gasteiger partial charge in [0.15, 0.2) is 0 Å². The summed E-state index contributed by atoms with van der Waals surface area (Å²) in [7, 11) is 1.26. The van der Waals surface area contributed by atoms with Gasteiger partial charge < -0.3 is 28.8 Å². The number of unbranched alkanes of at least 4 members (excludes halogenated alkanes) is 43. The molecular formula is C62H123N2O6P. The molecule has 1 amide bonds. The van der Waals surface area contributed by atoms with Crippen molar-refractivity contribution >= 4 is 13.7 Å². The lowest BCUT2D eigenvalue weighted by atomic mass is 10.0. The largest absolute Gasteiger partial charge is 0.756 e. The van der Waals surface area contributed by atoms with Crippen molar-refractivity contribution in [3.63, 3.8) is 0 Å². The summed E-state index contributed by atoms with van der Waals surface area (Å²) in [5.41, 5.74) is 0. The Labute approximate surface area is 443 Å². The molecular weight excluding hydrogens is 900 g/mol. The molecule has 0 aromatic carbocycles. The van der Waals surface area contributed by atoms with Gasteiger partial charge in [-0.3, -0.25) is 9.36 Å². The second-order valence-electron chi connectivity index (χ2n) is 22.8. The van der Waals surface area contributed by atoms with Gasteiger partial charge in [0.2, 0.25) is 5.91 Å². The summed E-state index contributed by atoms with van der Waals surface area (Å²) in [5, 5.41) is 13.9. The van der Waals surface area contributed by atoms with Gasteiger partial charge in [0, 0.05) is 6.42 Å². The average molecular weight is 1020 g/mol. The zero-order chi connectivity index (χ0) is 52.0. The van der Waals surface area contributed by atoms with Crippen LogP contribution in [0, 0.1) is 0 Å². The van der Waals surface area contributed by atoms with Crippen molar-refractivity contribution in [2.75, 3.05) is 40.9 Å². The number of rotatable bonds is 58. The van der Waals surface area contributed by atoms with E-state index in [1.807, 2.05) is 27.2 Å². The van der Waals surface area contributed by atoms with Crippen LogP contribution in [0.3, 0.4) is 0 Å². The van der Waals surface area contributed by atoms with Crippen LogP contribution in [0.4, 0.5) is 0 Å². The van der Waals surface area contributed by atoms with Gasteiger partial charge in [-0.15, -0.1) is 0 Å². The highest BCUT2D eigenvalue weighted by Gasteiger charge is 2.23. The molecule has 0 rings (SSSR count). The van der Waals surface area contributed by atoms with Crippen LogP contribution < -0.4 is 10.2 Å². The van der Waals surface area contributed by atoms with Crippen molar-refractivity contribution < 1.29 is 32.9 Å². The molecule has 0 bridgehead atoms. The predicted octanol–water partition coefficient (Wildman–Crippen LogP) is 18.5. The fraction of sp³-hybridized carbons (Fsp3) is 0.919. The first-order chi connectivity index (χ1) is 34.5. The van der Waals surface area contributed by atoms with Crippen LogP contribution >= 0.6 is 7.82 Å². The third-order valence-electron chi connectivity index (χ3n) is 14.4. The molecule has 0 saturated heterocycles. The number of nitrogens with zero attached hydrogens (tertiary/aromatic N) is 1. The number of aliphatic hydroxyl groups excluding tert-OH is 1. The van der Waals surface area contributed by atoms with Gasteiger partial charge in [0.25, 0.3) is 7.82 Å². The SMILES string of the molecule is CCCCCCCCCCCCCCCCCCC/C=C/CC/C=C/C(O)C(COP(=O)([O-])OCC[N+](C)(C)C)NC(=O)CCCCCCCCCCCCCCCCCCCCCCCCCCCC. The third-order valence-corrected chi connectivity index (χ3v) is 15.4. The topological polar surface area (TPSA) is 108 Å². The summed E-state index contributed by atoms with van der Waals surface area (Å²) >= 11 is 0. The number of likely N-dealkylation sites (N-methyl/N-ethyl adjacent to an activating group) is 1. The zero-order valence-electron chi connectivity index (χ0n) is 48.2. The second kappa shape index (κ2) is 53.8. The second-order valence-corrected chi connectivity index (χ2v) is 24.2. The van der Waals surface area contributed by atoms with Crippen LogP contribution in [0.1, 0.15) is 316 Å². The summed E-state index contributed by atoms with van der Waals surface area (Å²) in [5.74, 6) is -0.200. The van der Waals surface area contributed by atoms with Gasteiger partial charge in [0.1, 0.15) is 13.2 Å². The smallest absolute Gasteiger partial charge is 0.268 e. The van der Waals surface area contributed by atoms with Crippen LogP contribution in [0.2, 0.25) is 0 Å². The third kappa shape index (κ3) is 56.5. The number of carbonyl (C=O) groups excluding carboxylic acids is 1. The fourth-order valence-electron chi connectivity index (χ4n) is 9.53. The number of amides is 1. The number of phosphoric acid groups is 1. The van der Waals surface area contributed by atoms with Crippen LogP contribution in [0.5, 0.6) is 0 Å². The molecule has 422 valence electrons. The molecule has 0 saturated carbocycles. The Kier molecular flexibility index (Phi) is 53.0. The molecule has 0 aliphatic carbocycles. The van der Waals surface area contributed by atoms with Crippen molar-refractivity contribution in [3.8, 4) is 0 Å². The van der Waals surface area contributed by atoms with Gasteiger partial charge in [-0.25, -0.2) is 0 Å². The maximum atomic E-state index is 13.0. The first-order valence-corrected chi connectivity index (χ1v) is 32.7. The minimum atomic E-state index is -4.60. The van der Waals surface area contributed by atoms with Crippen molar-refractivity contribution in [1.29, 1.82) is 0 Å². The molecule has 9 heteroatoms. The maximum absolute atomic E-state index is 13.0. The van der Waals surface area contributed by atoms with E-state index in [9.17, 15) is 19.4 Å². The van der Waals surface area contributed by atoms with Gasteiger partial charge in [-0.2, -0.15) is 0 Å².